The van der Waals surface area contributed by atoms with Crippen molar-refractivity contribution in [2.24, 2.45) is 0 Å². The molecule has 0 spiro atoms. The number of hydrogen-bond donors (Lipinski definition) is 1. The zero-order chi connectivity index (χ0) is 17.1. The van der Waals surface area contributed by atoms with Crippen molar-refractivity contribution >= 4 is 29.2 Å². The molecule has 0 aromatic heterocycles. The number of ether oxygens (including phenoxy) is 1. The average molecular weight is 342 g/mol. The van der Waals surface area contributed by atoms with Gasteiger partial charge in [-0.15, -0.1) is 11.8 Å². The highest BCUT2D eigenvalue weighted by atomic mass is 32.2. The van der Waals surface area contributed by atoms with Gasteiger partial charge < -0.3 is 10.1 Å². The minimum atomic E-state index is -0.120. The number of para-hydroxylation sites is 1. The fraction of sp³-hybridized carbons (Fsp3) is 0.316. The van der Waals surface area contributed by atoms with Gasteiger partial charge in [0.2, 0.25) is 0 Å². The topological polar surface area (TPSA) is 41.6 Å². The lowest BCUT2D eigenvalue weighted by Crippen LogP contribution is -2.42. The van der Waals surface area contributed by atoms with Gasteiger partial charge in [-0.2, -0.15) is 0 Å². The van der Waals surface area contributed by atoms with Crippen LogP contribution in [0.3, 0.4) is 0 Å². The molecule has 0 aliphatic carbocycles. The number of aryl methyl sites for hydroxylation is 1. The Morgan fingerprint density at radius 1 is 1.33 bits per heavy atom. The van der Waals surface area contributed by atoms with Crippen LogP contribution < -0.4 is 15.0 Å². The van der Waals surface area contributed by atoms with Crippen LogP contribution in [-0.2, 0) is 0 Å². The number of nitrogens with one attached hydrogen (secondary N) is 1. The number of benzene rings is 2. The number of anilines is 2. The second-order valence-electron chi connectivity index (χ2n) is 5.86. The largest absolute Gasteiger partial charge is 0.495 e. The molecule has 126 valence electrons. The van der Waals surface area contributed by atoms with Gasteiger partial charge in [0, 0.05) is 16.7 Å². The summed E-state index contributed by atoms with van der Waals surface area (Å²) in [5, 5.41) is 3.42. The van der Waals surface area contributed by atoms with Crippen LogP contribution in [0.1, 0.15) is 18.9 Å². The summed E-state index contributed by atoms with van der Waals surface area (Å²) in [5.74, 6) is 0.667. The van der Waals surface area contributed by atoms with Crippen molar-refractivity contribution in [3.63, 3.8) is 0 Å². The van der Waals surface area contributed by atoms with Crippen molar-refractivity contribution in [1.29, 1.82) is 0 Å². The van der Waals surface area contributed by atoms with E-state index in [1.165, 1.54) is 0 Å². The van der Waals surface area contributed by atoms with Crippen molar-refractivity contribution in [1.82, 2.24) is 0 Å². The lowest BCUT2D eigenvalue weighted by Gasteiger charge is -2.33. The summed E-state index contributed by atoms with van der Waals surface area (Å²) in [5.41, 5.74) is 2.75. The molecule has 3 rings (SSSR count). The van der Waals surface area contributed by atoms with Crippen LogP contribution in [-0.4, -0.2) is 24.9 Å². The van der Waals surface area contributed by atoms with Crippen molar-refractivity contribution in [2.45, 2.75) is 30.4 Å². The van der Waals surface area contributed by atoms with E-state index in [2.05, 4.69) is 18.3 Å². The van der Waals surface area contributed by atoms with Crippen LogP contribution in [0, 0.1) is 6.92 Å². The Balaban J connectivity index is 1.88. The highest BCUT2D eigenvalue weighted by Crippen LogP contribution is 2.39. The summed E-state index contributed by atoms with van der Waals surface area (Å²) in [4.78, 5) is 15.9. The number of thioether (sulfide) groups is 1. The van der Waals surface area contributed by atoms with E-state index in [0.717, 1.165) is 22.6 Å². The number of amides is 2. The number of hydrogen-bond acceptors (Lipinski definition) is 3. The highest BCUT2D eigenvalue weighted by Gasteiger charge is 2.28. The van der Waals surface area contributed by atoms with Gasteiger partial charge in [-0.05, 0) is 43.2 Å². The third-order valence-corrected chi connectivity index (χ3v) is 5.55. The predicted molar refractivity (Wildman–Crippen MR) is 100 cm³/mol. The van der Waals surface area contributed by atoms with Gasteiger partial charge in [-0.25, -0.2) is 4.79 Å². The molecule has 2 aromatic rings. The highest BCUT2D eigenvalue weighted by molar-refractivity contribution is 8.00. The number of nitrogens with zero attached hydrogens (tertiary/aromatic N) is 1. The van der Waals surface area contributed by atoms with E-state index in [1.807, 2.05) is 60.0 Å². The second-order valence-corrected chi connectivity index (χ2v) is 7.20. The van der Waals surface area contributed by atoms with E-state index in [-0.39, 0.29) is 6.03 Å². The summed E-state index contributed by atoms with van der Waals surface area (Å²) < 4.78 is 5.36. The zero-order valence-corrected chi connectivity index (χ0v) is 15.0. The molecule has 0 bridgehead atoms. The predicted octanol–water partition coefficient (Wildman–Crippen LogP) is 4.93. The summed E-state index contributed by atoms with van der Waals surface area (Å²) in [6.07, 6.45) is 1.02. The number of rotatable bonds is 3. The molecule has 2 aromatic carbocycles. The van der Waals surface area contributed by atoms with Crippen molar-refractivity contribution in [3.8, 4) is 5.75 Å². The summed E-state index contributed by atoms with van der Waals surface area (Å²) in [6.45, 7) is 4.86. The van der Waals surface area contributed by atoms with Crippen molar-refractivity contribution in [2.75, 3.05) is 23.9 Å². The molecule has 0 saturated carbocycles. The SMILES string of the molecule is CC[C@@H]1CN(C(=O)Nc2cc(C)ccc2OC)c2ccccc2S1. The fourth-order valence-electron chi connectivity index (χ4n) is 2.81. The Morgan fingerprint density at radius 2 is 2.12 bits per heavy atom. The molecule has 5 heteroatoms. The number of carbonyl (C=O) groups excluding carboxylic acids is 1. The molecule has 1 N–H and O–H groups in total. The molecule has 0 radical (unpaired) electrons. The fourth-order valence-corrected chi connectivity index (χ4v) is 4.01. The Labute approximate surface area is 147 Å². The smallest absolute Gasteiger partial charge is 0.326 e. The minimum absolute atomic E-state index is 0.120. The lowest BCUT2D eigenvalue weighted by molar-refractivity contribution is 0.256. The minimum Gasteiger partial charge on any atom is -0.495 e. The number of urea groups is 1. The van der Waals surface area contributed by atoms with E-state index in [0.29, 0.717) is 23.2 Å². The van der Waals surface area contributed by atoms with E-state index in [4.69, 9.17) is 4.74 Å². The van der Waals surface area contributed by atoms with E-state index < -0.39 is 0 Å². The third-order valence-electron chi connectivity index (χ3n) is 4.13. The second kappa shape index (κ2) is 7.18. The Bertz CT molecular complexity index is 748. The molecule has 1 heterocycles. The summed E-state index contributed by atoms with van der Waals surface area (Å²) in [7, 11) is 1.61. The van der Waals surface area contributed by atoms with E-state index >= 15 is 0 Å². The molecule has 4 nitrogen and oxygen atoms in total. The molecule has 0 saturated heterocycles. The lowest BCUT2D eigenvalue weighted by atomic mass is 10.2. The van der Waals surface area contributed by atoms with Crippen LogP contribution in [0.15, 0.2) is 47.4 Å². The summed E-state index contributed by atoms with van der Waals surface area (Å²) >= 11 is 1.85. The molecule has 0 unspecified atom stereocenters. The first kappa shape index (κ1) is 16.7. The standard InChI is InChI=1S/C19H22N2O2S/c1-4-14-12-21(16-7-5-6-8-18(16)24-14)19(22)20-15-11-13(2)9-10-17(15)23-3/h5-11,14H,4,12H2,1-3H3,(H,20,22)/t14-/m1/s1. The number of fused-ring (bicyclic) bond motifs is 1. The quantitative estimate of drug-likeness (QED) is 0.860. The van der Waals surface area contributed by atoms with Gasteiger partial charge in [-0.3, -0.25) is 4.90 Å². The van der Waals surface area contributed by atoms with Crippen molar-refractivity contribution < 1.29 is 9.53 Å². The normalized spacial score (nSPS) is 16.5. The van der Waals surface area contributed by atoms with E-state index in [9.17, 15) is 4.79 Å². The third kappa shape index (κ3) is 3.36. The Morgan fingerprint density at radius 3 is 2.88 bits per heavy atom. The van der Waals surface area contributed by atoms with Gasteiger partial charge in [0.15, 0.2) is 0 Å². The van der Waals surface area contributed by atoms with Crippen LogP contribution in [0.25, 0.3) is 0 Å². The molecular formula is C19H22N2O2S. The molecule has 0 fully saturated rings. The zero-order valence-electron chi connectivity index (χ0n) is 14.2. The van der Waals surface area contributed by atoms with Crippen LogP contribution >= 0.6 is 11.8 Å². The molecular weight excluding hydrogens is 320 g/mol. The van der Waals surface area contributed by atoms with Crippen LogP contribution in [0.2, 0.25) is 0 Å². The molecule has 1 aliphatic heterocycles. The van der Waals surface area contributed by atoms with E-state index in [1.54, 1.807) is 7.11 Å². The van der Waals surface area contributed by atoms with Crippen LogP contribution in [0.4, 0.5) is 16.2 Å². The van der Waals surface area contributed by atoms with Gasteiger partial charge >= 0.3 is 6.03 Å². The maximum Gasteiger partial charge on any atom is 0.326 e. The first-order valence-corrected chi connectivity index (χ1v) is 8.99. The van der Waals surface area contributed by atoms with Gasteiger partial charge in [0.25, 0.3) is 0 Å². The number of methoxy groups -OCH3 is 1. The van der Waals surface area contributed by atoms with Crippen LogP contribution in [0.5, 0.6) is 5.75 Å². The van der Waals surface area contributed by atoms with Crippen molar-refractivity contribution in [3.05, 3.63) is 48.0 Å². The maximum atomic E-state index is 12.9. The molecule has 24 heavy (non-hydrogen) atoms. The average Bonchev–Trinajstić information content (AvgIpc) is 2.60. The first-order chi connectivity index (χ1) is 11.6. The maximum absolute atomic E-state index is 12.9. The first-order valence-electron chi connectivity index (χ1n) is 8.11. The van der Waals surface area contributed by atoms with Gasteiger partial charge in [0.05, 0.1) is 18.5 Å². The molecule has 1 aliphatic rings. The van der Waals surface area contributed by atoms with Gasteiger partial charge in [0.1, 0.15) is 5.75 Å². The monoisotopic (exact) mass is 342 g/mol. The summed E-state index contributed by atoms with van der Waals surface area (Å²) in [6, 6.07) is 13.7. The van der Waals surface area contributed by atoms with Gasteiger partial charge in [-0.1, -0.05) is 25.1 Å². The number of carbonyl (C=O) groups is 1. The molecule has 2 amide bonds. The Kier molecular flexibility index (Phi) is 5.00. The Hall–Kier alpha value is -2.14. The molecule has 1 atom stereocenters.